The van der Waals surface area contributed by atoms with E-state index in [0.29, 0.717) is 19.4 Å². The fourth-order valence-electron chi connectivity index (χ4n) is 4.33. The zero-order valence-corrected chi connectivity index (χ0v) is 21.2. The number of rotatable bonds is 8. The third-order valence-corrected chi connectivity index (χ3v) is 8.42. The Hall–Kier alpha value is -2.18. The maximum atomic E-state index is 12.9. The van der Waals surface area contributed by atoms with E-state index in [1.165, 1.54) is 9.87 Å². The molecule has 0 spiro atoms. The molecule has 0 aromatic heterocycles. The van der Waals surface area contributed by atoms with Gasteiger partial charge in [0.15, 0.2) is 0 Å². The minimum atomic E-state index is -3.37. The lowest BCUT2D eigenvalue weighted by molar-refractivity contribution is -0.126. The van der Waals surface area contributed by atoms with Crippen molar-refractivity contribution in [3.05, 3.63) is 71.3 Å². The Balaban J connectivity index is 1.53. The van der Waals surface area contributed by atoms with Gasteiger partial charge in [0.25, 0.3) is 0 Å². The molecule has 2 aromatic rings. The molecular weight excluding hydrogens is 432 g/mol. The molecule has 3 rings (SSSR count). The molecule has 2 aromatic carbocycles. The number of amides is 1. The van der Waals surface area contributed by atoms with Crippen molar-refractivity contribution >= 4 is 15.9 Å². The summed E-state index contributed by atoms with van der Waals surface area (Å²) in [6, 6.07) is 18.2. The molecular formula is C27H38N2O3S. The predicted molar refractivity (Wildman–Crippen MR) is 135 cm³/mol. The number of sulfonamides is 1. The molecule has 0 aliphatic carbocycles. The standard InChI is InChI=1S/C27H38N2O3S/c1-21(23-14-16-25(17-15-23)27(2,3)4)28-26(30)24-13-8-18-29(20-24)33(31,32)19-9-12-22-10-6-5-7-11-22/h5-7,10-11,14-17,21,24H,8-9,12-13,18-20H2,1-4H3,(H,28,30)/t21-,24-/m0/s1. The van der Waals surface area contributed by atoms with Crippen LogP contribution in [0.1, 0.15) is 69.7 Å². The molecule has 1 heterocycles. The average molecular weight is 471 g/mol. The van der Waals surface area contributed by atoms with Gasteiger partial charge in [0, 0.05) is 13.1 Å². The van der Waals surface area contributed by atoms with Gasteiger partial charge in [-0.2, -0.15) is 0 Å². The van der Waals surface area contributed by atoms with Crippen molar-refractivity contribution in [1.29, 1.82) is 0 Å². The molecule has 5 nitrogen and oxygen atoms in total. The Bertz CT molecular complexity index is 1010. The number of nitrogens with one attached hydrogen (secondary N) is 1. The lowest BCUT2D eigenvalue weighted by atomic mass is 9.86. The quantitative estimate of drug-likeness (QED) is 0.601. The van der Waals surface area contributed by atoms with Gasteiger partial charge in [-0.05, 0) is 54.7 Å². The fraction of sp³-hybridized carbons (Fsp3) is 0.519. The Morgan fingerprint density at radius 1 is 1.09 bits per heavy atom. The van der Waals surface area contributed by atoms with E-state index >= 15 is 0 Å². The zero-order chi connectivity index (χ0) is 24.1. The monoisotopic (exact) mass is 470 g/mol. The van der Waals surface area contributed by atoms with Crippen LogP contribution in [0, 0.1) is 5.92 Å². The fourth-order valence-corrected chi connectivity index (χ4v) is 5.91. The number of carbonyl (C=O) groups is 1. The van der Waals surface area contributed by atoms with E-state index in [4.69, 9.17) is 0 Å². The van der Waals surface area contributed by atoms with Crippen molar-refractivity contribution in [2.75, 3.05) is 18.8 Å². The van der Waals surface area contributed by atoms with Crippen LogP contribution in [-0.4, -0.2) is 37.5 Å². The highest BCUT2D eigenvalue weighted by Gasteiger charge is 2.32. The first-order valence-electron chi connectivity index (χ1n) is 12.0. The number of piperidine rings is 1. The topological polar surface area (TPSA) is 66.5 Å². The van der Waals surface area contributed by atoms with Crippen LogP contribution in [0.2, 0.25) is 0 Å². The maximum absolute atomic E-state index is 12.9. The number of hydrogen-bond donors (Lipinski definition) is 1. The summed E-state index contributed by atoms with van der Waals surface area (Å²) in [7, 11) is -3.37. The molecule has 6 heteroatoms. The minimum absolute atomic E-state index is 0.0633. The Kier molecular flexibility index (Phi) is 8.35. The molecule has 180 valence electrons. The van der Waals surface area contributed by atoms with E-state index in [1.807, 2.05) is 37.3 Å². The number of aryl methyl sites for hydroxylation is 1. The summed E-state index contributed by atoms with van der Waals surface area (Å²) in [5.74, 6) is -0.252. The summed E-state index contributed by atoms with van der Waals surface area (Å²) in [5.41, 5.74) is 3.54. The van der Waals surface area contributed by atoms with E-state index in [2.05, 4.69) is 50.4 Å². The van der Waals surface area contributed by atoms with Gasteiger partial charge in [-0.15, -0.1) is 0 Å². The Morgan fingerprint density at radius 3 is 2.39 bits per heavy atom. The van der Waals surface area contributed by atoms with Crippen LogP contribution in [0.3, 0.4) is 0 Å². The molecule has 2 atom stereocenters. The van der Waals surface area contributed by atoms with Gasteiger partial charge in [0.1, 0.15) is 0 Å². The van der Waals surface area contributed by atoms with E-state index in [0.717, 1.165) is 24.0 Å². The SMILES string of the molecule is C[C@H](NC(=O)[C@H]1CCCN(S(=O)(=O)CCCc2ccccc2)C1)c1ccc(C(C)(C)C)cc1. The molecule has 1 aliphatic rings. The van der Waals surface area contributed by atoms with Crippen LogP contribution >= 0.6 is 0 Å². The van der Waals surface area contributed by atoms with Crippen molar-refractivity contribution in [3.8, 4) is 0 Å². The summed E-state index contributed by atoms with van der Waals surface area (Å²) < 4.78 is 27.3. The van der Waals surface area contributed by atoms with Crippen molar-refractivity contribution in [2.45, 2.75) is 64.8 Å². The first-order valence-corrected chi connectivity index (χ1v) is 13.6. The molecule has 1 aliphatic heterocycles. The third kappa shape index (κ3) is 7.15. The van der Waals surface area contributed by atoms with Crippen molar-refractivity contribution in [2.24, 2.45) is 5.92 Å². The zero-order valence-electron chi connectivity index (χ0n) is 20.4. The highest BCUT2D eigenvalue weighted by molar-refractivity contribution is 7.89. The van der Waals surface area contributed by atoms with Crippen molar-refractivity contribution in [1.82, 2.24) is 9.62 Å². The van der Waals surface area contributed by atoms with E-state index < -0.39 is 10.0 Å². The smallest absolute Gasteiger partial charge is 0.224 e. The molecule has 0 saturated carbocycles. The summed E-state index contributed by atoms with van der Waals surface area (Å²) >= 11 is 0. The second-order valence-electron chi connectivity index (χ2n) is 10.2. The van der Waals surface area contributed by atoms with Gasteiger partial charge in [-0.3, -0.25) is 4.79 Å². The number of nitrogens with zero attached hydrogens (tertiary/aromatic N) is 1. The Labute approximate surface area is 199 Å². The second kappa shape index (κ2) is 10.8. The number of carbonyl (C=O) groups excluding carboxylic acids is 1. The van der Waals surface area contributed by atoms with Crippen molar-refractivity contribution in [3.63, 3.8) is 0 Å². The van der Waals surface area contributed by atoms with Crippen LogP contribution in [0.25, 0.3) is 0 Å². The van der Waals surface area contributed by atoms with Crippen LogP contribution < -0.4 is 5.32 Å². The van der Waals surface area contributed by atoms with Gasteiger partial charge in [-0.25, -0.2) is 12.7 Å². The highest BCUT2D eigenvalue weighted by Crippen LogP contribution is 2.25. The third-order valence-electron chi connectivity index (χ3n) is 6.49. The highest BCUT2D eigenvalue weighted by atomic mass is 32.2. The van der Waals surface area contributed by atoms with Gasteiger partial charge in [-0.1, -0.05) is 75.4 Å². The average Bonchev–Trinajstić information content (AvgIpc) is 2.79. The molecule has 33 heavy (non-hydrogen) atoms. The van der Waals surface area contributed by atoms with Gasteiger partial charge in [0.05, 0.1) is 17.7 Å². The van der Waals surface area contributed by atoms with Crippen LogP contribution in [0.4, 0.5) is 0 Å². The summed E-state index contributed by atoms with van der Waals surface area (Å²) in [5, 5.41) is 3.10. The molecule has 0 radical (unpaired) electrons. The normalized spacial score (nSPS) is 18.6. The van der Waals surface area contributed by atoms with Gasteiger partial charge < -0.3 is 5.32 Å². The Morgan fingerprint density at radius 2 is 1.76 bits per heavy atom. The molecule has 0 unspecified atom stereocenters. The molecule has 0 bridgehead atoms. The van der Waals surface area contributed by atoms with E-state index in [-0.39, 0.29) is 35.6 Å². The first-order chi connectivity index (χ1) is 15.6. The van der Waals surface area contributed by atoms with Crippen LogP contribution in [0.15, 0.2) is 54.6 Å². The number of benzene rings is 2. The van der Waals surface area contributed by atoms with Crippen molar-refractivity contribution < 1.29 is 13.2 Å². The summed E-state index contributed by atoms with van der Waals surface area (Å²) in [6.07, 6.45) is 2.76. The van der Waals surface area contributed by atoms with Gasteiger partial charge >= 0.3 is 0 Å². The maximum Gasteiger partial charge on any atom is 0.224 e. The molecule has 1 fully saturated rings. The largest absolute Gasteiger partial charge is 0.349 e. The lowest BCUT2D eigenvalue weighted by Crippen LogP contribution is -2.46. The van der Waals surface area contributed by atoms with E-state index in [1.54, 1.807) is 0 Å². The second-order valence-corrected chi connectivity index (χ2v) is 12.3. The van der Waals surface area contributed by atoms with Gasteiger partial charge in [0.2, 0.25) is 15.9 Å². The minimum Gasteiger partial charge on any atom is -0.349 e. The van der Waals surface area contributed by atoms with Crippen LogP contribution in [0.5, 0.6) is 0 Å². The molecule has 1 N–H and O–H groups in total. The molecule has 1 amide bonds. The summed E-state index contributed by atoms with van der Waals surface area (Å²) in [4.78, 5) is 12.9. The number of hydrogen-bond acceptors (Lipinski definition) is 3. The summed E-state index contributed by atoms with van der Waals surface area (Å²) in [6.45, 7) is 9.29. The first kappa shape index (κ1) is 25.4. The lowest BCUT2D eigenvalue weighted by Gasteiger charge is -2.32. The molecule has 1 saturated heterocycles. The van der Waals surface area contributed by atoms with Crippen LogP contribution in [-0.2, 0) is 26.7 Å². The predicted octanol–water partition coefficient (Wildman–Crippen LogP) is 4.84. The van der Waals surface area contributed by atoms with E-state index in [9.17, 15) is 13.2 Å².